The molecule has 1 aliphatic heterocycles. The van der Waals surface area contributed by atoms with E-state index in [1.807, 2.05) is 33.1 Å². The van der Waals surface area contributed by atoms with Gasteiger partial charge in [-0.25, -0.2) is 13.4 Å². The molecule has 1 amide bonds. The summed E-state index contributed by atoms with van der Waals surface area (Å²) in [5.41, 5.74) is 1.51. The number of nitrogens with zero attached hydrogens (tertiary/aromatic N) is 2. The first-order valence-corrected chi connectivity index (χ1v) is 12.2. The molecule has 162 valence electrons. The summed E-state index contributed by atoms with van der Waals surface area (Å²) < 4.78 is 32.0. The number of ether oxygens (including phenoxy) is 1. The molecule has 0 bridgehead atoms. The van der Waals surface area contributed by atoms with Gasteiger partial charge in [0.2, 0.25) is 15.9 Å². The van der Waals surface area contributed by atoms with Crippen LogP contribution in [-0.4, -0.2) is 49.9 Å². The lowest BCUT2D eigenvalue weighted by Crippen LogP contribution is -2.40. The minimum atomic E-state index is -3.51. The van der Waals surface area contributed by atoms with Crippen LogP contribution in [0.15, 0.2) is 34.5 Å². The second-order valence-corrected chi connectivity index (χ2v) is 9.17. The van der Waals surface area contributed by atoms with Crippen molar-refractivity contribution in [3.63, 3.8) is 0 Å². The zero-order chi connectivity index (χ0) is 21.4. The Labute approximate surface area is 178 Å². The average Bonchev–Trinajstić information content (AvgIpc) is 3.23. The second kappa shape index (κ2) is 10.8. The number of morpholine rings is 1. The summed E-state index contributed by atoms with van der Waals surface area (Å²) in [7, 11) is -3.51. The second-order valence-electron chi connectivity index (χ2n) is 6.38. The minimum Gasteiger partial charge on any atom is -0.379 e. The first kappa shape index (κ1) is 23.5. The molecule has 0 radical (unpaired) electrons. The maximum Gasteiger partial charge on any atom is 0.243 e. The predicted octanol–water partition coefficient (Wildman–Crippen LogP) is 4.09. The van der Waals surface area contributed by atoms with Gasteiger partial charge in [0.15, 0.2) is 5.13 Å². The number of hydrogen-bond acceptors (Lipinski definition) is 6. The maximum atomic E-state index is 12.7. The Hall–Kier alpha value is -1.81. The van der Waals surface area contributed by atoms with Gasteiger partial charge in [-0.3, -0.25) is 4.79 Å². The molecule has 1 aliphatic rings. The number of hydrogen-bond donors (Lipinski definition) is 1. The molecular weight excluding hydrogens is 410 g/mol. The SMILES string of the molecule is CC.CCC(C)C(=O)Nc1nc(-c2ccc(S(=O)(=O)N3CCOCC3)cc2)cs1.[HH]. The number of rotatable bonds is 6. The number of carbonyl (C=O) groups is 1. The van der Waals surface area contributed by atoms with E-state index in [4.69, 9.17) is 4.74 Å². The van der Waals surface area contributed by atoms with Crippen molar-refractivity contribution in [3.8, 4) is 11.3 Å². The van der Waals surface area contributed by atoms with Crippen molar-refractivity contribution in [2.75, 3.05) is 31.6 Å². The third-order valence-electron chi connectivity index (χ3n) is 4.55. The van der Waals surface area contributed by atoms with Gasteiger partial charge in [0.1, 0.15) is 0 Å². The van der Waals surface area contributed by atoms with E-state index < -0.39 is 10.0 Å². The molecule has 0 aliphatic carbocycles. The summed E-state index contributed by atoms with van der Waals surface area (Å²) in [6.07, 6.45) is 0.767. The van der Waals surface area contributed by atoms with E-state index in [0.29, 0.717) is 37.1 Å². The molecule has 1 fully saturated rings. The van der Waals surface area contributed by atoms with Crippen molar-refractivity contribution in [1.29, 1.82) is 0 Å². The van der Waals surface area contributed by atoms with Crippen molar-refractivity contribution >= 4 is 32.4 Å². The molecule has 1 aromatic carbocycles. The molecular formula is C20H31N3O4S2. The summed E-state index contributed by atoms with van der Waals surface area (Å²) in [4.78, 5) is 16.7. The molecule has 0 spiro atoms. The van der Waals surface area contributed by atoms with Crippen LogP contribution in [0.3, 0.4) is 0 Å². The Balaban J connectivity index is 0.00000146. The molecule has 1 N–H and O–H groups in total. The molecule has 7 nitrogen and oxygen atoms in total. The van der Waals surface area contributed by atoms with Crippen LogP contribution in [0.2, 0.25) is 0 Å². The third-order valence-corrected chi connectivity index (χ3v) is 7.22. The van der Waals surface area contributed by atoms with E-state index in [9.17, 15) is 13.2 Å². The van der Waals surface area contributed by atoms with Crippen LogP contribution in [0.1, 0.15) is 35.5 Å². The molecule has 2 aromatic rings. The Morgan fingerprint density at radius 2 is 1.90 bits per heavy atom. The Bertz CT molecular complexity index is 895. The van der Waals surface area contributed by atoms with E-state index >= 15 is 0 Å². The standard InChI is InChI=1S/C18H23N3O4S2.C2H6.H2/c1-3-13(2)17(22)20-18-19-16(12-26-18)14-4-6-15(7-5-14)27(23,24)21-8-10-25-11-9-21;1-2;/h4-7,12-13H,3,8-11H2,1-2H3,(H,19,20,22);1-2H3;1H. The highest BCUT2D eigenvalue weighted by Crippen LogP contribution is 2.27. The topological polar surface area (TPSA) is 88.6 Å². The first-order chi connectivity index (χ1) is 13.9. The molecule has 1 aromatic heterocycles. The van der Waals surface area contributed by atoms with Gasteiger partial charge in [0, 0.05) is 31.4 Å². The number of thiazole rings is 1. The number of aromatic nitrogens is 1. The zero-order valence-electron chi connectivity index (χ0n) is 17.3. The van der Waals surface area contributed by atoms with Crippen molar-refractivity contribution in [2.24, 2.45) is 5.92 Å². The van der Waals surface area contributed by atoms with E-state index in [-0.39, 0.29) is 18.1 Å². The van der Waals surface area contributed by atoms with Crippen LogP contribution >= 0.6 is 11.3 Å². The molecule has 3 rings (SSSR count). The lowest BCUT2D eigenvalue weighted by atomic mass is 10.1. The smallest absolute Gasteiger partial charge is 0.243 e. The Morgan fingerprint density at radius 3 is 2.48 bits per heavy atom. The number of carbonyl (C=O) groups excluding carboxylic acids is 1. The largest absolute Gasteiger partial charge is 0.379 e. The molecule has 1 saturated heterocycles. The third kappa shape index (κ3) is 5.85. The lowest BCUT2D eigenvalue weighted by Gasteiger charge is -2.26. The Kier molecular flexibility index (Phi) is 8.76. The lowest BCUT2D eigenvalue weighted by molar-refractivity contribution is -0.119. The zero-order valence-corrected chi connectivity index (χ0v) is 19.0. The van der Waals surface area contributed by atoms with E-state index in [2.05, 4.69) is 10.3 Å². The summed E-state index contributed by atoms with van der Waals surface area (Å²) >= 11 is 1.35. The van der Waals surface area contributed by atoms with Crippen molar-refractivity contribution in [3.05, 3.63) is 29.6 Å². The first-order valence-electron chi connectivity index (χ1n) is 9.86. The quantitative estimate of drug-likeness (QED) is 0.729. The van der Waals surface area contributed by atoms with Gasteiger partial charge in [-0.1, -0.05) is 39.8 Å². The number of amides is 1. The minimum absolute atomic E-state index is 0. The fraction of sp³-hybridized carbons (Fsp3) is 0.500. The molecule has 1 atom stereocenters. The van der Waals surface area contributed by atoms with Crippen molar-refractivity contribution in [1.82, 2.24) is 9.29 Å². The van der Waals surface area contributed by atoms with Crippen LogP contribution in [0.5, 0.6) is 0 Å². The molecule has 9 heteroatoms. The number of sulfonamides is 1. The predicted molar refractivity (Wildman–Crippen MR) is 119 cm³/mol. The molecule has 0 saturated carbocycles. The van der Waals surface area contributed by atoms with Crippen molar-refractivity contribution in [2.45, 2.75) is 39.0 Å². The summed E-state index contributed by atoms with van der Waals surface area (Å²) in [6.45, 7) is 9.41. The molecule has 29 heavy (non-hydrogen) atoms. The van der Waals surface area contributed by atoms with Gasteiger partial charge < -0.3 is 10.1 Å². The van der Waals surface area contributed by atoms with Gasteiger partial charge in [0.25, 0.3) is 0 Å². The van der Waals surface area contributed by atoms with Crippen LogP contribution in [0.25, 0.3) is 11.3 Å². The van der Waals surface area contributed by atoms with Gasteiger partial charge >= 0.3 is 0 Å². The summed E-state index contributed by atoms with van der Waals surface area (Å²) in [5.74, 6) is -0.118. The van der Waals surface area contributed by atoms with Gasteiger partial charge in [-0.05, 0) is 18.6 Å². The van der Waals surface area contributed by atoms with Gasteiger partial charge in [-0.15, -0.1) is 11.3 Å². The van der Waals surface area contributed by atoms with Crippen LogP contribution in [0.4, 0.5) is 5.13 Å². The fourth-order valence-corrected chi connectivity index (χ4v) is 4.74. The summed E-state index contributed by atoms with van der Waals surface area (Å²) in [5, 5.41) is 5.20. The normalized spacial score (nSPS) is 15.9. The maximum absolute atomic E-state index is 12.7. The van der Waals surface area contributed by atoms with Crippen LogP contribution < -0.4 is 5.32 Å². The molecule has 1 unspecified atom stereocenters. The summed E-state index contributed by atoms with van der Waals surface area (Å²) in [6, 6.07) is 6.67. The molecule has 2 heterocycles. The highest BCUT2D eigenvalue weighted by Gasteiger charge is 2.26. The number of nitrogens with one attached hydrogen (secondary N) is 1. The average molecular weight is 442 g/mol. The van der Waals surface area contributed by atoms with E-state index in [0.717, 1.165) is 12.0 Å². The number of anilines is 1. The van der Waals surface area contributed by atoms with E-state index in [1.54, 1.807) is 24.3 Å². The fourth-order valence-electron chi connectivity index (χ4n) is 2.61. The van der Waals surface area contributed by atoms with Crippen molar-refractivity contribution < 1.29 is 19.4 Å². The van der Waals surface area contributed by atoms with E-state index in [1.165, 1.54) is 15.6 Å². The number of benzene rings is 1. The van der Waals surface area contributed by atoms with Crippen LogP contribution in [-0.2, 0) is 19.6 Å². The monoisotopic (exact) mass is 441 g/mol. The Morgan fingerprint density at radius 1 is 1.28 bits per heavy atom. The van der Waals surface area contributed by atoms with Crippen LogP contribution in [0, 0.1) is 5.92 Å². The highest BCUT2D eigenvalue weighted by atomic mass is 32.2. The highest BCUT2D eigenvalue weighted by molar-refractivity contribution is 7.89. The van der Waals surface area contributed by atoms with Gasteiger partial charge in [0.05, 0.1) is 23.8 Å². The van der Waals surface area contributed by atoms with Gasteiger partial charge in [-0.2, -0.15) is 4.31 Å².